The fourth-order valence-electron chi connectivity index (χ4n) is 9.51. The Balaban J connectivity index is 0.965. The lowest BCUT2D eigenvalue weighted by molar-refractivity contribution is 1.18. The molecule has 1 heterocycles. The minimum Gasteiger partial charge on any atom is -0.311 e. The molecule has 12 rings (SSSR count). The summed E-state index contributed by atoms with van der Waals surface area (Å²) in [7, 11) is 0. The molecule has 0 fully saturated rings. The third-order valence-electron chi connectivity index (χ3n) is 12.9. The fraction of sp³-hybridized carbons (Fsp3) is 0. The van der Waals surface area contributed by atoms with Gasteiger partial charge in [0.15, 0.2) is 0 Å². The fourth-order valence-corrected chi connectivity index (χ4v) is 9.51. The Kier molecular flexibility index (Phi) is 9.48. The first kappa shape index (κ1) is 36.3. The highest BCUT2D eigenvalue weighted by atomic mass is 15.1. The van der Waals surface area contributed by atoms with Crippen LogP contribution in [-0.2, 0) is 0 Å². The van der Waals surface area contributed by atoms with Crippen molar-refractivity contribution in [2.75, 3.05) is 4.90 Å². The number of hydrogen-bond donors (Lipinski definition) is 0. The molecule has 2 nitrogen and oxygen atoms in total. The number of benzene rings is 11. The molecule has 0 saturated heterocycles. The van der Waals surface area contributed by atoms with E-state index in [4.69, 9.17) is 0 Å². The molecule has 0 saturated carbocycles. The Morgan fingerprint density at radius 2 is 0.676 bits per heavy atom. The van der Waals surface area contributed by atoms with Crippen molar-refractivity contribution < 1.29 is 5.48 Å². The molecule has 0 spiro atoms. The van der Waals surface area contributed by atoms with Crippen LogP contribution < -0.4 is 4.90 Å². The molecule has 320 valence electrons. The maximum absolute atomic E-state index is 9.78. The Bertz CT molecular complexity index is 3900. The minimum atomic E-state index is -0.134. The van der Waals surface area contributed by atoms with E-state index >= 15 is 0 Å². The van der Waals surface area contributed by atoms with Gasteiger partial charge in [-0.2, -0.15) is 0 Å². The lowest BCUT2D eigenvalue weighted by Gasteiger charge is -2.26. The van der Waals surface area contributed by atoms with Crippen molar-refractivity contribution in [1.82, 2.24) is 4.57 Å². The second-order valence-corrected chi connectivity index (χ2v) is 17.0. The van der Waals surface area contributed by atoms with Gasteiger partial charge in [-0.05, 0) is 133 Å². The van der Waals surface area contributed by atoms with E-state index in [1.165, 1.54) is 0 Å². The molecule has 0 radical (unpaired) electrons. The summed E-state index contributed by atoms with van der Waals surface area (Å²) in [6.45, 7) is 0. The first-order valence-electron chi connectivity index (χ1n) is 25.0. The molecule has 0 aliphatic carbocycles. The van der Waals surface area contributed by atoms with Crippen LogP contribution in [0.5, 0.6) is 0 Å². The molecule has 0 aliphatic heterocycles. The van der Waals surface area contributed by atoms with E-state index in [1.54, 1.807) is 0 Å². The standard InChI is InChI=1S/C66H46N2/c1-4-15-47(16-5-1)49-27-29-50(30-28-49)51-31-38-57(39-32-51)67(59-42-35-54(36-43-59)62-24-11-10-23-61(62)53-19-8-3-9-20-53)58-40-33-52(34-41-58)56-37-44-66-64(46-56)63-25-12-13-26-65(63)68(66)60-22-14-21-55(45-60)48-17-6-2-7-18-48/h1-46H/i33D,34D,40D,41D. The maximum Gasteiger partial charge on any atom is 0.0645 e. The van der Waals surface area contributed by atoms with Crippen molar-refractivity contribution in [3.05, 3.63) is 279 Å². The van der Waals surface area contributed by atoms with Crippen LogP contribution in [-0.4, -0.2) is 4.57 Å². The third kappa shape index (κ3) is 7.74. The second kappa shape index (κ2) is 17.8. The monoisotopic (exact) mass is 870 g/mol. The summed E-state index contributed by atoms with van der Waals surface area (Å²) < 4.78 is 41.2. The molecule has 0 N–H and O–H groups in total. The number of hydrogen-bond acceptors (Lipinski definition) is 1. The summed E-state index contributed by atoms with van der Waals surface area (Å²) in [4.78, 5) is 1.86. The normalized spacial score (nSPS) is 12.1. The molecule has 0 aliphatic rings. The lowest BCUT2D eigenvalue weighted by atomic mass is 9.94. The van der Waals surface area contributed by atoms with Crippen LogP contribution in [0, 0.1) is 0 Å². The van der Waals surface area contributed by atoms with E-state index in [2.05, 4.69) is 156 Å². The van der Waals surface area contributed by atoms with Crippen molar-refractivity contribution in [3.63, 3.8) is 0 Å². The number of nitrogens with zero attached hydrogens (tertiary/aromatic N) is 2. The van der Waals surface area contributed by atoms with E-state index < -0.39 is 0 Å². The molecule has 0 unspecified atom stereocenters. The van der Waals surface area contributed by atoms with Gasteiger partial charge in [-0.3, -0.25) is 0 Å². The maximum atomic E-state index is 9.78. The zero-order valence-corrected chi connectivity index (χ0v) is 37.1. The summed E-state index contributed by atoms with van der Waals surface area (Å²) in [5.41, 5.74) is 16.4. The van der Waals surface area contributed by atoms with Gasteiger partial charge < -0.3 is 9.47 Å². The van der Waals surface area contributed by atoms with Gasteiger partial charge in [0.25, 0.3) is 0 Å². The van der Waals surface area contributed by atoms with E-state index in [-0.39, 0.29) is 35.4 Å². The first-order valence-corrected chi connectivity index (χ1v) is 23.0. The number of anilines is 3. The predicted molar refractivity (Wildman–Crippen MR) is 288 cm³/mol. The van der Waals surface area contributed by atoms with E-state index in [0.29, 0.717) is 16.9 Å². The molecule has 1 aromatic heterocycles. The van der Waals surface area contributed by atoms with Crippen LogP contribution >= 0.6 is 0 Å². The second-order valence-electron chi connectivity index (χ2n) is 17.0. The Labute approximate surface area is 403 Å². The first-order chi connectivity index (χ1) is 35.4. The van der Waals surface area contributed by atoms with Crippen LogP contribution in [0.3, 0.4) is 0 Å². The van der Waals surface area contributed by atoms with Gasteiger partial charge in [0.2, 0.25) is 0 Å². The summed E-state index contributed by atoms with van der Waals surface area (Å²) in [6, 6.07) is 86.5. The van der Waals surface area contributed by atoms with Crippen molar-refractivity contribution in [2.24, 2.45) is 0 Å². The van der Waals surface area contributed by atoms with Gasteiger partial charge in [0.1, 0.15) is 0 Å². The molecular weight excluding hydrogens is 821 g/mol. The van der Waals surface area contributed by atoms with Gasteiger partial charge in [0, 0.05) is 33.5 Å². The number of para-hydroxylation sites is 1. The van der Waals surface area contributed by atoms with E-state index in [1.807, 2.05) is 108 Å². The molecule has 68 heavy (non-hydrogen) atoms. The summed E-state index contributed by atoms with van der Waals surface area (Å²) in [5, 5.41) is 1.99. The van der Waals surface area contributed by atoms with Crippen LogP contribution in [0.1, 0.15) is 5.48 Å². The van der Waals surface area contributed by atoms with Crippen molar-refractivity contribution in [2.45, 2.75) is 0 Å². The zero-order chi connectivity index (χ0) is 48.7. The Morgan fingerprint density at radius 3 is 1.28 bits per heavy atom. The smallest absolute Gasteiger partial charge is 0.0645 e. The quantitative estimate of drug-likeness (QED) is 0.133. The third-order valence-corrected chi connectivity index (χ3v) is 12.9. The van der Waals surface area contributed by atoms with Crippen LogP contribution in [0.25, 0.3) is 94.3 Å². The van der Waals surface area contributed by atoms with Gasteiger partial charge in [-0.25, -0.2) is 0 Å². The molecule has 12 aromatic rings. The van der Waals surface area contributed by atoms with Gasteiger partial charge in [-0.1, -0.05) is 212 Å². The molecule has 11 aromatic carbocycles. The SMILES string of the molecule is [2H]c1c([2H])c(N(c2ccc(-c3ccc(-c4ccccc4)cc3)cc2)c2ccc(-c3ccccc3-c3ccccc3)cc2)c([2H])c([2H])c1-c1ccc2c(c1)c1ccccc1n2-c1cccc(-c2ccccc2)c1. The summed E-state index contributed by atoms with van der Waals surface area (Å²) >= 11 is 0. The minimum absolute atomic E-state index is 0.113. The summed E-state index contributed by atoms with van der Waals surface area (Å²) in [6.07, 6.45) is 0. The van der Waals surface area contributed by atoms with Gasteiger partial charge in [0.05, 0.1) is 16.5 Å². The molecule has 2 heteroatoms. The lowest BCUT2D eigenvalue weighted by Crippen LogP contribution is -2.09. The number of fused-ring (bicyclic) bond motifs is 3. The zero-order valence-electron chi connectivity index (χ0n) is 41.1. The average Bonchev–Trinajstić information content (AvgIpc) is 3.78. The highest BCUT2D eigenvalue weighted by Crippen LogP contribution is 2.41. The molecule has 0 bridgehead atoms. The van der Waals surface area contributed by atoms with Gasteiger partial charge >= 0.3 is 0 Å². The van der Waals surface area contributed by atoms with Gasteiger partial charge in [-0.15, -0.1) is 0 Å². The number of aromatic nitrogens is 1. The number of rotatable bonds is 10. The molecule has 0 amide bonds. The average molecular weight is 871 g/mol. The van der Waals surface area contributed by atoms with Crippen LogP contribution in [0.15, 0.2) is 279 Å². The predicted octanol–water partition coefficient (Wildman–Crippen LogP) is 18.3. The molecule has 0 atom stereocenters. The van der Waals surface area contributed by atoms with E-state index in [9.17, 15) is 5.48 Å². The van der Waals surface area contributed by atoms with Crippen molar-refractivity contribution in [1.29, 1.82) is 0 Å². The Hall–Kier alpha value is -8.98. The Morgan fingerprint density at radius 1 is 0.265 bits per heavy atom. The highest BCUT2D eigenvalue weighted by molar-refractivity contribution is 6.10. The van der Waals surface area contributed by atoms with Crippen LogP contribution in [0.2, 0.25) is 0 Å². The van der Waals surface area contributed by atoms with E-state index in [0.717, 1.165) is 83.1 Å². The molecular formula is C66H46N2. The van der Waals surface area contributed by atoms with Crippen molar-refractivity contribution >= 4 is 38.9 Å². The van der Waals surface area contributed by atoms with Crippen LogP contribution in [0.4, 0.5) is 17.1 Å². The largest absolute Gasteiger partial charge is 0.311 e. The van der Waals surface area contributed by atoms with Crippen molar-refractivity contribution in [3.8, 4) is 72.4 Å². The highest BCUT2D eigenvalue weighted by Gasteiger charge is 2.17. The summed E-state index contributed by atoms with van der Waals surface area (Å²) in [5.74, 6) is 0. The topological polar surface area (TPSA) is 8.17 Å².